The molecule has 0 aromatic rings. The van der Waals surface area contributed by atoms with Crippen molar-refractivity contribution in [3.05, 3.63) is 0 Å². The third-order valence-corrected chi connectivity index (χ3v) is 15.1. The predicted molar refractivity (Wildman–Crippen MR) is 301 cm³/mol. The maximum Gasteiger partial charge on any atom is 0.306 e. The molecular weight excluding hydrogens is 974 g/mol. The molecule has 0 aromatic heterocycles. The summed E-state index contributed by atoms with van der Waals surface area (Å²) in [6.45, 7) is 8.79. The first-order valence-corrected chi connectivity index (χ1v) is 32.4. The Morgan fingerprint density at radius 3 is 1.09 bits per heavy atom. The Hall–Kier alpha value is -2.09. The maximum atomic E-state index is 13.0. The summed E-state index contributed by atoms with van der Waals surface area (Å²) in [6.07, 6.45) is 38.2. The van der Waals surface area contributed by atoms with Crippen LogP contribution in [0, 0.1) is 0 Å². The van der Waals surface area contributed by atoms with E-state index in [2.05, 4.69) is 27.7 Å². The van der Waals surface area contributed by atoms with E-state index in [0.717, 1.165) is 70.6 Å². The molecule has 1 unspecified atom stereocenters. The average molecular weight is 1090 g/mol. The van der Waals surface area contributed by atoms with Crippen molar-refractivity contribution < 1.29 is 66.2 Å². The van der Waals surface area contributed by atoms with Crippen molar-refractivity contribution in [2.75, 3.05) is 53.6 Å². The number of rotatable bonds is 57. The monoisotopic (exact) mass is 1090 g/mol. The Labute approximate surface area is 459 Å². The van der Waals surface area contributed by atoms with Crippen LogP contribution in [0.1, 0.15) is 291 Å². The zero-order valence-electron chi connectivity index (χ0n) is 49.2. The summed E-state index contributed by atoms with van der Waals surface area (Å²) in [5, 5.41) is 9.19. The lowest BCUT2D eigenvalue weighted by molar-refractivity contribution is -0.890. The molecule has 0 aromatic carbocycles. The molecule has 0 fully saturated rings. The van der Waals surface area contributed by atoms with E-state index < -0.39 is 32.5 Å². The van der Waals surface area contributed by atoms with Crippen molar-refractivity contribution in [1.82, 2.24) is 0 Å². The number of esters is 4. The SMILES string of the molecule is CCCCCCCCC(CCCCCCCC)OC(=O)CCCCCCC(=O)OC[C@@H](COP(=O)([O-])OCC[N+](C)(C)CCCO)OC(=O)CCCCCCC(=O)OC(CCCCCCCC)CCCCCCCC. The number of hydrogen-bond donors (Lipinski definition) is 1. The first-order chi connectivity index (χ1) is 36.2. The third kappa shape index (κ3) is 49.9. The molecule has 75 heavy (non-hydrogen) atoms. The molecule has 0 spiro atoms. The number of likely N-dealkylation sites (N-methyl/N-ethyl adjacent to an activating group) is 1. The lowest BCUT2D eigenvalue weighted by Gasteiger charge is -2.31. The van der Waals surface area contributed by atoms with Crippen LogP contribution in [0.15, 0.2) is 0 Å². The Morgan fingerprint density at radius 2 is 0.733 bits per heavy atom. The van der Waals surface area contributed by atoms with Crippen molar-refractivity contribution in [3.63, 3.8) is 0 Å². The number of quaternary nitrogens is 1. The molecule has 0 rings (SSSR count). The van der Waals surface area contributed by atoms with E-state index in [9.17, 15) is 33.7 Å². The highest BCUT2D eigenvalue weighted by atomic mass is 31.2. The number of hydrogen-bond acceptors (Lipinski definition) is 13. The molecule has 0 radical (unpaired) electrons. The van der Waals surface area contributed by atoms with Crippen LogP contribution < -0.4 is 4.89 Å². The van der Waals surface area contributed by atoms with Crippen LogP contribution in [0.5, 0.6) is 0 Å². The molecule has 0 amide bonds. The fourth-order valence-electron chi connectivity index (χ4n) is 9.25. The smallest absolute Gasteiger partial charge is 0.306 e. The molecular formula is C60H116NO13P. The number of nitrogens with zero attached hydrogens (tertiary/aromatic N) is 1. The minimum absolute atomic E-state index is 0.0170. The number of phosphoric ester groups is 1. The molecule has 2 atom stereocenters. The standard InChI is InChI=1S/C60H116NO13P/c1-7-11-15-19-23-31-40-54(41-32-24-20-16-12-8-2)72-58(64)45-36-28-27-35-44-57(63)69-52-56(53-71-75(67,68)70-51-49-61(5,6)48-39-50-62)74-60(66)47-38-30-29-37-46-59(65)73-55(42-33-25-21-17-13-9-3)43-34-26-22-18-14-10-4/h54-56,62H,7-53H2,1-6H3/t56-/m0/s1. The van der Waals surface area contributed by atoms with Crippen molar-refractivity contribution in [3.8, 4) is 0 Å². The molecule has 0 aliphatic carbocycles. The molecule has 14 nitrogen and oxygen atoms in total. The van der Waals surface area contributed by atoms with Gasteiger partial charge >= 0.3 is 23.9 Å². The van der Waals surface area contributed by atoms with E-state index in [4.69, 9.17) is 28.0 Å². The van der Waals surface area contributed by atoms with Gasteiger partial charge in [-0.15, -0.1) is 0 Å². The highest BCUT2D eigenvalue weighted by molar-refractivity contribution is 7.45. The Bertz CT molecular complexity index is 1370. The van der Waals surface area contributed by atoms with Crippen LogP contribution in [0.2, 0.25) is 0 Å². The lowest BCUT2D eigenvalue weighted by Crippen LogP contribution is -2.43. The zero-order valence-corrected chi connectivity index (χ0v) is 50.1. The van der Waals surface area contributed by atoms with Gasteiger partial charge in [0.1, 0.15) is 32.0 Å². The van der Waals surface area contributed by atoms with E-state index in [1.165, 1.54) is 128 Å². The van der Waals surface area contributed by atoms with Crippen LogP contribution in [-0.2, 0) is 51.7 Å². The first kappa shape index (κ1) is 72.9. The molecule has 1 N–H and O–H groups in total. The molecule has 0 saturated carbocycles. The van der Waals surface area contributed by atoms with Crippen molar-refractivity contribution in [1.29, 1.82) is 0 Å². The second-order valence-electron chi connectivity index (χ2n) is 22.1. The third-order valence-electron chi connectivity index (χ3n) is 14.2. The van der Waals surface area contributed by atoms with Crippen LogP contribution in [0.4, 0.5) is 0 Å². The van der Waals surface area contributed by atoms with E-state index in [0.29, 0.717) is 68.9 Å². The topological polar surface area (TPSA) is 184 Å². The van der Waals surface area contributed by atoms with Gasteiger partial charge in [0, 0.05) is 38.7 Å². The van der Waals surface area contributed by atoms with Gasteiger partial charge in [-0.05, 0) is 77.0 Å². The summed E-state index contributed by atoms with van der Waals surface area (Å²) in [4.78, 5) is 64.3. The van der Waals surface area contributed by atoms with Crippen LogP contribution in [0.3, 0.4) is 0 Å². The van der Waals surface area contributed by atoms with Crippen molar-refractivity contribution >= 4 is 31.7 Å². The number of aliphatic hydroxyl groups excluding tert-OH is 1. The van der Waals surface area contributed by atoms with Gasteiger partial charge in [-0.2, -0.15) is 0 Å². The molecule has 0 heterocycles. The van der Waals surface area contributed by atoms with Gasteiger partial charge in [-0.25, -0.2) is 0 Å². The minimum Gasteiger partial charge on any atom is -0.756 e. The molecule has 0 aliphatic heterocycles. The second-order valence-corrected chi connectivity index (χ2v) is 23.5. The number of carbonyl (C=O) groups excluding carboxylic acids is 4. The largest absolute Gasteiger partial charge is 0.756 e. The fourth-order valence-corrected chi connectivity index (χ4v) is 9.98. The van der Waals surface area contributed by atoms with E-state index in [1.807, 2.05) is 14.1 Å². The summed E-state index contributed by atoms with van der Waals surface area (Å²) in [5.41, 5.74) is 0. The molecule has 0 saturated heterocycles. The normalized spacial score (nSPS) is 13.0. The van der Waals surface area contributed by atoms with Gasteiger partial charge in [0.2, 0.25) is 0 Å². The van der Waals surface area contributed by atoms with Crippen LogP contribution in [0.25, 0.3) is 0 Å². The van der Waals surface area contributed by atoms with Gasteiger partial charge in [0.25, 0.3) is 7.82 Å². The second kappa shape index (κ2) is 51.4. The predicted octanol–water partition coefficient (Wildman–Crippen LogP) is 14.9. The Morgan fingerprint density at radius 1 is 0.413 bits per heavy atom. The van der Waals surface area contributed by atoms with Crippen LogP contribution >= 0.6 is 7.82 Å². The van der Waals surface area contributed by atoms with Gasteiger partial charge in [-0.1, -0.05) is 182 Å². The van der Waals surface area contributed by atoms with Crippen molar-refractivity contribution in [2.45, 2.75) is 309 Å². The molecule has 15 heteroatoms. The fraction of sp³-hybridized carbons (Fsp3) is 0.933. The van der Waals surface area contributed by atoms with Gasteiger partial charge in [0.15, 0.2) is 6.10 Å². The van der Waals surface area contributed by atoms with E-state index in [-0.39, 0.29) is 56.8 Å². The minimum atomic E-state index is -4.80. The maximum absolute atomic E-state index is 13.0. The number of phosphoric acid groups is 1. The highest BCUT2D eigenvalue weighted by Crippen LogP contribution is 2.38. The number of carbonyl (C=O) groups is 4. The molecule has 0 aliphatic rings. The van der Waals surface area contributed by atoms with E-state index in [1.54, 1.807) is 0 Å². The summed E-state index contributed by atoms with van der Waals surface area (Å²) < 4.78 is 46.4. The summed E-state index contributed by atoms with van der Waals surface area (Å²) >= 11 is 0. The summed E-state index contributed by atoms with van der Waals surface area (Å²) in [6, 6.07) is 0. The number of aliphatic hydroxyl groups is 1. The summed E-state index contributed by atoms with van der Waals surface area (Å²) in [5.74, 6) is -1.39. The Balaban J connectivity index is 5.06. The van der Waals surface area contributed by atoms with Gasteiger partial charge in [-0.3, -0.25) is 23.7 Å². The van der Waals surface area contributed by atoms with Crippen molar-refractivity contribution in [2.24, 2.45) is 0 Å². The average Bonchev–Trinajstić information content (AvgIpc) is 3.37. The van der Waals surface area contributed by atoms with Gasteiger partial charge < -0.3 is 42.5 Å². The summed E-state index contributed by atoms with van der Waals surface area (Å²) in [7, 11) is -0.994. The van der Waals surface area contributed by atoms with Crippen LogP contribution in [-0.4, -0.2) is 105 Å². The number of ether oxygens (including phenoxy) is 4. The lowest BCUT2D eigenvalue weighted by atomic mass is 10.0. The van der Waals surface area contributed by atoms with E-state index >= 15 is 0 Å². The number of unbranched alkanes of at least 4 members (excludes halogenated alkanes) is 26. The molecule has 0 bridgehead atoms. The highest BCUT2D eigenvalue weighted by Gasteiger charge is 2.23. The molecule has 444 valence electrons. The zero-order chi connectivity index (χ0) is 55.5. The first-order valence-electron chi connectivity index (χ1n) is 31.0. The Kier molecular flexibility index (Phi) is 49.9. The van der Waals surface area contributed by atoms with Gasteiger partial charge in [0.05, 0.1) is 27.2 Å². The quantitative estimate of drug-likeness (QED) is 0.0200.